The fourth-order valence-electron chi connectivity index (χ4n) is 3.68. The lowest BCUT2D eigenvalue weighted by Gasteiger charge is -2.34. The van der Waals surface area contributed by atoms with E-state index in [1.165, 1.54) is 64.2 Å². The molecule has 5 nitrogen and oxygen atoms in total. The Labute approximate surface area is 147 Å². The number of carbonyl (C=O) groups is 2. The zero-order valence-electron chi connectivity index (χ0n) is 15.6. The van der Waals surface area contributed by atoms with Gasteiger partial charge in [0.1, 0.15) is 0 Å². The molecule has 0 saturated heterocycles. The Morgan fingerprint density at radius 1 is 0.958 bits per heavy atom. The maximum atomic E-state index is 12.3. The first kappa shape index (κ1) is 20.8. The van der Waals surface area contributed by atoms with Gasteiger partial charge in [-0.25, -0.2) is 4.79 Å². The lowest BCUT2D eigenvalue weighted by atomic mass is 9.89. The molecule has 2 rings (SSSR count). The van der Waals surface area contributed by atoms with Gasteiger partial charge in [0.05, 0.1) is 0 Å². The van der Waals surface area contributed by atoms with Crippen molar-refractivity contribution in [2.24, 2.45) is 5.92 Å². The number of hydrogen-bond donors (Lipinski definition) is 2. The van der Waals surface area contributed by atoms with E-state index in [2.05, 4.69) is 17.1 Å². The van der Waals surface area contributed by atoms with Crippen LogP contribution in [0.3, 0.4) is 0 Å². The lowest BCUT2D eigenvalue weighted by molar-refractivity contribution is -0.136. The predicted molar refractivity (Wildman–Crippen MR) is 97.2 cm³/mol. The number of carboxylic acids is 1. The Balaban J connectivity index is 0.000000505. The zero-order chi connectivity index (χ0) is 17.8. The standard InChI is InChI=1S/C16H30N2O.C3H6O2/c1-2-18(15-11-7-4-8-12-15)16(19)17-13-14-9-5-3-6-10-14;1-2-3(4)5/h14-15H,2-13H2,1H3,(H,17,19);2H2,1H3,(H,4,5). The summed E-state index contributed by atoms with van der Waals surface area (Å²) in [5.41, 5.74) is 0. The number of carbonyl (C=O) groups excluding carboxylic acids is 1. The molecular formula is C19H36N2O3. The van der Waals surface area contributed by atoms with Crippen molar-refractivity contribution in [2.45, 2.75) is 90.5 Å². The van der Waals surface area contributed by atoms with Gasteiger partial charge in [-0.2, -0.15) is 0 Å². The highest BCUT2D eigenvalue weighted by molar-refractivity contribution is 5.74. The molecule has 2 amide bonds. The third-order valence-electron chi connectivity index (χ3n) is 5.19. The van der Waals surface area contributed by atoms with Crippen molar-refractivity contribution in [3.8, 4) is 0 Å². The second-order valence-corrected chi connectivity index (χ2v) is 7.02. The molecule has 0 unspecified atom stereocenters. The first-order chi connectivity index (χ1) is 11.6. The summed E-state index contributed by atoms with van der Waals surface area (Å²) in [6.45, 7) is 5.44. The summed E-state index contributed by atoms with van der Waals surface area (Å²) in [5.74, 6) is -0.0206. The van der Waals surface area contributed by atoms with Crippen LogP contribution in [0, 0.1) is 5.92 Å². The lowest BCUT2D eigenvalue weighted by Crippen LogP contribution is -2.47. The van der Waals surface area contributed by atoms with Crippen molar-refractivity contribution in [3.63, 3.8) is 0 Å². The summed E-state index contributed by atoms with van der Waals surface area (Å²) in [6.07, 6.45) is 13.2. The summed E-state index contributed by atoms with van der Waals surface area (Å²) in [4.78, 5) is 23.8. The van der Waals surface area contributed by atoms with Crippen LogP contribution in [-0.4, -0.2) is 41.1 Å². The van der Waals surface area contributed by atoms with Crippen molar-refractivity contribution >= 4 is 12.0 Å². The van der Waals surface area contributed by atoms with Gasteiger partial charge in [0, 0.05) is 25.6 Å². The summed E-state index contributed by atoms with van der Waals surface area (Å²) in [6, 6.07) is 0.671. The van der Waals surface area contributed by atoms with Crippen molar-refractivity contribution in [1.29, 1.82) is 0 Å². The average Bonchev–Trinajstić information content (AvgIpc) is 2.63. The second kappa shape index (κ2) is 12.2. The fraction of sp³-hybridized carbons (Fsp3) is 0.895. The van der Waals surface area contributed by atoms with Gasteiger partial charge in [-0.15, -0.1) is 0 Å². The molecule has 2 saturated carbocycles. The van der Waals surface area contributed by atoms with Crippen molar-refractivity contribution in [3.05, 3.63) is 0 Å². The average molecular weight is 341 g/mol. The smallest absolute Gasteiger partial charge is 0.317 e. The van der Waals surface area contributed by atoms with E-state index in [0.29, 0.717) is 6.04 Å². The Morgan fingerprint density at radius 2 is 1.46 bits per heavy atom. The molecule has 2 aliphatic carbocycles. The Kier molecular flexibility index (Phi) is 10.5. The van der Waals surface area contributed by atoms with Gasteiger partial charge in [-0.3, -0.25) is 4.79 Å². The SMILES string of the molecule is CCC(=O)O.CCN(C(=O)NCC1CCCCC1)C1CCCCC1. The van der Waals surface area contributed by atoms with Crippen molar-refractivity contribution < 1.29 is 14.7 Å². The molecule has 140 valence electrons. The number of aliphatic carboxylic acids is 1. The largest absolute Gasteiger partial charge is 0.481 e. The van der Waals surface area contributed by atoms with Gasteiger partial charge >= 0.3 is 12.0 Å². The van der Waals surface area contributed by atoms with Gasteiger partial charge in [0.2, 0.25) is 0 Å². The number of rotatable bonds is 5. The third-order valence-corrected chi connectivity index (χ3v) is 5.19. The van der Waals surface area contributed by atoms with Gasteiger partial charge in [0.15, 0.2) is 0 Å². The molecule has 0 radical (unpaired) electrons. The number of nitrogens with one attached hydrogen (secondary N) is 1. The molecule has 0 atom stereocenters. The van der Waals surface area contributed by atoms with Crippen molar-refractivity contribution in [2.75, 3.05) is 13.1 Å². The second-order valence-electron chi connectivity index (χ2n) is 7.02. The molecule has 0 heterocycles. The normalized spacial score (nSPS) is 19.1. The molecule has 24 heavy (non-hydrogen) atoms. The fourth-order valence-corrected chi connectivity index (χ4v) is 3.68. The number of nitrogens with zero attached hydrogens (tertiary/aromatic N) is 1. The predicted octanol–water partition coefficient (Wildman–Crippen LogP) is 4.41. The van der Waals surface area contributed by atoms with Crippen LogP contribution >= 0.6 is 0 Å². The van der Waals surface area contributed by atoms with Gasteiger partial charge in [0.25, 0.3) is 0 Å². The van der Waals surface area contributed by atoms with Crippen LogP contribution < -0.4 is 5.32 Å². The number of carboxylic acid groups (broad SMARTS) is 1. The van der Waals surface area contributed by atoms with E-state index in [1.54, 1.807) is 6.92 Å². The minimum Gasteiger partial charge on any atom is -0.481 e. The van der Waals surface area contributed by atoms with Crippen LogP contribution in [0.5, 0.6) is 0 Å². The topological polar surface area (TPSA) is 69.6 Å². The monoisotopic (exact) mass is 340 g/mol. The molecule has 2 N–H and O–H groups in total. The highest BCUT2D eigenvalue weighted by Gasteiger charge is 2.24. The summed E-state index contributed by atoms with van der Waals surface area (Å²) in [7, 11) is 0. The minimum atomic E-state index is -0.745. The van der Waals surface area contributed by atoms with E-state index < -0.39 is 5.97 Å². The number of urea groups is 1. The zero-order valence-corrected chi connectivity index (χ0v) is 15.6. The van der Waals surface area contributed by atoms with E-state index in [0.717, 1.165) is 19.0 Å². The molecule has 5 heteroatoms. The quantitative estimate of drug-likeness (QED) is 0.778. The van der Waals surface area contributed by atoms with Gasteiger partial charge in [-0.05, 0) is 38.5 Å². The van der Waals surface area contributed by atoms with Gasteiger partial charge in [-0.1, -0.05) is 45.4 Å². The molecular weight excluding hydrogens is 304 g/mol. The molecule has 2 fully saturated rings. The first-order valence-corrected chi connectivity index (χ1v) is 9.84. The van der Waals surface area contributed by atoms with E-state index in [4.69, 9.17) is 5.11 Å². The molecule has 0 spiro atoms. The van der Waals surface area contributed by atoms with E-state index >= 15 is 0 Å². The van der Waals surface area contributed by atoms with Gasteiger partial charge < -0.3 is 15.3 Å². The number of amides is 2. The maximum Gasteiger partial charge on any atom is 0.317 e. The molecule has 2 aliphatic rings. The third kappa shape index (κ3) is 8.02. The van der Waals surface area contributed by atoms with Crippen LogP contribution in [0.1, 0.15) is 84.5 Å². The minimum absolute atomic E-state index is 0.181. The Bertz CT molecular complexity index is 362. The molecule has 0 bridgehead atoms. The molecule has 0 aromatic heterocycles. The molecule has 0 aromatic carbocycles. The van der Waals surface area contributed by atoms with Crippen LogP contribution in [-0.2, 0) is 4.79 Å². The van der Waals surface area contributed by atoms with E-state index in [-0.39, 0.29) is 12.5 Å². The molecule has 0 aliphatic heterocycles. The van der Waals surface area contributed by atoms with Crippen LogP contribution in [0.2, 0.25) is 0 Å². The Morgan fingerprint density at radius 3 is 1.92 bits per heavy atom. The summed E-state index contributed by atoms with van der Waals surface area (Å²) in [5, 5.41) is 10.9. The highest BCUT2D eigenvalue weighted by Crippen LogP contribution is 2.24. The van der Waals surface area contributed by atoms with Crippen LogP contribution in [0.15, 0.2) is 0 Å². The molecule has 0 aromatic rings. The van der Waals surface area contributed by atoms with E-state index in [9.17, 15) is 9.59 Å². The van der Waals surface area contributed by atoms with E-state index in [1.807, 2.05) is 0 Å². The first-order valence-electron chi connectivity index (χ1n) is 9.84. The maximum absolute atomic E-state index is 12.3. The van der Waals surface area contributed by atoms with Crippen LogP contribution in [0.4, 0.5) is 4.79 Å². The van der Waals surface area contributed by atoms with Crippen molar-refractivity contribution in [1.82, 2.24) is 10.2 Å². The van der Waals surface area contributed by atoms with Crippen LogP contribution in [0.25, 0.3) is 0 Å². The summed E-state index contributed by atoms with van der Waals surface area (Å²) < 4.78 is 0. The summed E-state index contributed by atoms with van der Waals surface area (Å²) >= 11 is 0. The number of hydrogen-bond acceptors (Lipinski definition) is 2. The highest BCUT2D eigenvalue weighted by atomic mass is 16.4. The Hall–Kier alpha value is -1.26.